The zero-order valence-corrected chi connectivity index (χ0v) is 13.5. The second-order valence-corrected chi connectivity index (χ2v) is 6.31. The fourth-order valence-electron chi connectivity index (χ4n) is 3.47. The Bertz CT molecular complexity index is 854. The van der Waals surface area contributed by atoms with Crippen LogP contribution in [0.25, 0.3) is 0 Å². The SMILES string of the molecule is Cc1nc(N)nc(N2C[C@H]3C[C@@H]2CN3)c1C#Cc1cccc(O)c1. The topological polar surface area (TPSA) is 87.3 Å². The molecule has 0 unspecified atom stereocenters. The number of piperazine rings is 1. The first-order valence-electron chi connectivity index (χ1n) is 8.05. The summed E-state index contributed by atoms with van der Waals surface area (Å²) >= 11 is 0. The summed E-state index contributed by atoms with van der Waals surface area (Å²) in [7, 11) is 0. The summed E-state index contributed by atoms with van der Waals surface area (Å²) < 4.78 is 0. The van der Waals surface area contributed by atoms with Crippen molar-refractivity contribution < 1.29 is 5.11 Å². The van der Waals surface area contributed by atoms with Crippen LogP contribution >= 0.6 is 0 Å². The number of benzene rings is 1. The average Bonchev–Trinajstić information content (AvgIpc) is 3.16. The predicted octanol–water partition coefficient (Wildman–Crippen LogP) is 1.02. The van der Waals surface area contributed by atoms with Crippen LogP contribution in [0.15, 0.2) is 24.3 Å². The molecule has 0 aliphatic carbocycles. The number of rotatable bonds is 1. The van der Waals surface area contributed by atoms with Crippen molar-refractivity contribution in [3.8, 4) is 17.6 Å². The lowest BCUT2D eigenvalue weighted by molar-refractivity contribution is 0.475. The van der Waals surface area contributed by atoms with Crippen molar-refractivity contribution in [3.63, 3.8) is 0 Å². The van der Waals surface area contributed by atoms with Gasteiger partial charge in [-0.2, -0.15) is 4.98 Å². The van der Waals surface area contributed by atoms with Gasteiger partial charge in [-0.25, -0.2) is 4.98 Å². The zero-order valence-electron chi connectivity index (χ0n) is 13.5. The Morgan fingerprint density at radius 1 is 1.33 bits per heavy atom. The quantitative estimate of drug-likeness (QED) is 0.680. The predicted molar refractivity (Wildman–Crippen MR) is 92.8 cm³/mol. The van der Waals surface area contributed by atoms with E-state index >= 15 is 0 Å². The van der Waals surface area contributed by atoms with Gasteiger partial charge in [-0.3, -0.25) is 0 Å². The van der Waals surface area contributed by atoms with Crippen LogP contribution in [0.3, 0.4) is 0 Å². The van der Waals surface area contributed by atoms with Crippen LogP contribution in [0.5, 0.6) is 5.75 Å². The molecule has 0 radical (unpaired) electrons. The first-order chi connectivity index (χ1) is 11.6. The fraction of sp³-hybridized carbons (Fsp3) is 0.333. The lowest BCUT2D eigenvalue weighted by atomic mass is 10.1. The standard InChI is InChI=1S/C18H19N5O/c1-11-16(6-5-12-3-2-4-15(24)7-12)17(22-18(19)21-11)23-10-13-8-14(23)9-20-13/h2-4,7,13-14,20,24H,8-10H2,1H3,(H2,19,21,22)/t13-,14-/m1/s1. The molecule has 0 amide bonds. The number of hydrogen-bond donors (Lipinski definition) is 3. The second-order valence-electron chi connectivity index (χ2n) is 6.31. The molecule has 3 heterocycles. The third-order valence-corrected chi connectivity index (χ3v) is 4.59. The van der Waals surface area contributed by atoms with E-state index in [0.29, 0.717) is 12.1 Å². The molecule has 2 fully saturated rings. The van der Waals surface area contributed by atoms with Gasteiger partial charge >= 0.3 is 0 Å². The number of nitrogens with zero attached hydrogens (tertiary/aromatic N) is 3. The summed E-state index contributed by atoms with van der Waals surface area (Å²) in [5, 5.41) is 13.1. The average molecular weight is 321 g/mol. The molecular weight excluding hydrogens is 302 g/mol. The molecule has 122 valence electrons. The Morgan fingerprint density at radius 3 is 2.92 bits per heavy atom. The molecule has 6 heteroatoms. The maximum absolute atomic E-state index is 9.58. The van der Waals surface area contributed by atoms with Crippen molar-refractivity contribution >= 4 is 11.8 Å². The summed E-state index contributed by atoms with van der Waals surface area (Å²) in [6.07, 6.45) is 1.13. The van der Waals surface area contributed by atoms with Gasteiger partial charge in [-0.05, 0) is 31.5 Å². The highest BCUT2D eigenvalue weighted by atomic mass is 16.3. The molecule has 4 rings (SSSR count). The van der Waals surface area contributed by atoms with E-state index in [-0.39, 0.29) is 11.7 Å². The molecule has 2 atom stereocenters. The van der Waals surface area contributed by atoms with Crippen LogP contribution < -0.4 is 16.0 Å². The largest absolute Gasteiger partial charge is 0.508 e. The number of nitrogen functional groups attached to an aromatic ring is 1. The first-order valence-corrected chi connectivity index (χ1v) is 8.05. The third kappa shape index (κ3) is 2.63. The van der Waals surface area contributed by atoms with Crippen LogP contribution in [0, 0.1) is 18.8 Å². The Kier molecular flexibility index (Phi) is 3.51. The maximum atomic E-state index is 9.58. The molecule has 0 saturated carbocycles. The lowest BCUT2D eigenvalue weighted by Gasteiger charge is -2.29. The molecular formula is C18H19N5O. The van der Waals surface area contributed by atoms with Gasteiger partial charge in [-0.1, -0.05) is 17.9 Å². The smallest absolute Gasteiger partial charge is 0.222 e. The normalized spacial score (nSPS) is 21.6. The Balaban J connectivity index is 1.75. The number of nitrogens with two attached hydrogens (primary N) is 1. The van der Waals surface area contributed by atoms with Crippen LogP contribution in [0.2, 0.25) is 0 Å². The van der Waals surface area contributed by atoms with E-state index in [0.717, 1.165) is 42.1 Å². The van der Waals surface area contributed by atoms with Gasteiger partial charge < -0.3 is 21.1 Å². The highest BCUT2D eigenvalue weighted by Gasteiger charge is 2.39. The fourth-order valence-corrected chi connectivity index (χ4v) is 3.47. The molecule has 6 nitrogen and oxygen atoms in total. The van der Waals surface area contributed by atoms with Gasteiger partial charge in [0.25, 0.3) is 0 Å². The second kappa shape index (κ2) is 5.69. The van der Waals surface area contributed by atoms with E-state index in [9.17, 15) is 5.11 Å². The monoisotopic (exact) mass is 321 g/mol. The number of hydrogen-bond acceptors (Lipinski definition) is 6. The minimum atomic E-state index is 0.204. The molecule has 2 aliphatic rings. The number of nitrogens with one attached hydrogen (secondary N) is 1. The van der Waals surface area contributed by atoms with Crippen LogP contribution in [0.4, 0.5) is 11.8 Å². The summed E-state index contributed by atoms with van der Waals surface area (Å²) in [4.78, 5) is 11.0. The Hall–Kier alpha value is -2.78. The number of anilines is 2. The van der Waals surface area contributed by atoms with Gasteiger partial charge in [0, 0.05) is 30.7 Å². The molecule has 2 aliphatic heterocycles. The summed E-state index contributed by atoms with van der Waals surface area (Å²) in [6, 6.07) is 7.85. The number of phenolic OH excluding ortho intramolecular Hbond substituents is 1. The van der Waals surface area contributed by atoms with E-state index in [4.69, 9.17) is 5.73 Å². The third-order valence-electron chi connectivity index (χ3n) is 4.59. The van der Waals surface area contributed by atoms with E-state index < -0.39 is 0 Å². The summed E-state index contributed by atoms with van der Waals surface area (Å²) in [5.41, 5.74) is 8.21. The van der Waals surface area contributed by atoms with Crippen molar-refractivity contribution in [1.82, 2.24) is 15.3 Å². The lowest BCUT2D eigenvalue weighted by Crippen LogP contribution is -2.44. The highest BCUT2D eigenvalue weighted by Crippen LogP contribution is 2.31. The minimum Gasteiger partial charge on any atom is -0.508 e. The molecule has 24 heavy (non-hydrogen) atoms. The maximum Gasteiger partial charge on any atom is 0.222 e. The Morgan fingerprint density at radius 2 is 2.21 bits per heavy atom. The minimum absolute atomic E-state index is 0.204. The molecule has 4 N–H and O–H groups in total. The van der Waals surface area contributed by atoms with Crippen LogP contribution in [0.1, 0.15) is 23.2 Å². The summed E-state index contributed by atoms with van der Waals surface area (Å²) in [5.74, 6) is 7.59. The van der Waals surface area contributed by atoms with Crippen LogP contribution in [-0.4, -0.2) is 40.2 Å². The van der Waals surface area contributed by atoms with Crippen molar-refractivity contribution in [2.75, 3.05) is 23.7 Å². The molecule has 2 saturated heterocycles. The van der Waals surface area contributed by atoms with E-state index in [2.05, 4.69) is 32.0 Å². The van der Waals surface area contributed by atoms with E-state index in [1.54, 1.807) is 18.2 Å². The van der Waals surface area contributed by atoms with Gasteiger partial charge in [0.1, 0.15) is 5.75 Å². The molecule has 1 aromatic carbocycles. The van der Waals surface area contributed by atoms with Crippen LogP contribution in [-0.2, 0) is 0 Å². The molecule has 0 spiro atoms. The van der Waals surface area contributed by atoms with Gasteiger partial charge in [-0.15, -0.1) is 0 Å². The Labute approximate surface area is 140 Å². The molecule has 2 aromatic rings. The van der Waals surface area contributed by atoms with Crippen molar-refractivity contribution in [2.24, 2.45) is 0 Å². The van der Waals surface area contributed by atoms with E-state index in [1.165, 1.54) is 0 Å². The van der Waals surface area contributed by atoms with Gasteiger partial charge in [0.15, 0.2) is 5.82 Å². The highest BCUT2D eigenvalue weighted by molar-refractivity contribution is 5.62. The number of aromatic nitrogens is 2. The first kappa shape index (κ1) is 14.8. The van der Waals surface area contributed by atoms with Gasteiger partial charge in [0.2, 0.25) is 5.95 Å². The number of fused-ring (bicyclic) bond motifs is 2. The molecule has 2 bridgehead atoms. The van der Waals surface area contributed by atoms with Crippen molar-refractivity contribution in [2.45, 2.75) is 25.4 Å². The summed E-state index contributed by atoms with van der Waals surface area (Å²) in [6.45, 7) is 3.79. The zero-order chi connectivity index (χ0) is 16.7. The number of phenols is 1. The van der Waals surface area contributed by atoms with Crippen molar-refractivity contribution in [1.29, 1.82) is 0 Å². The van der Waals surface area contributed by atoms with Crippen molar-refractivity contribution in [3.05, 3.63) is 41.1 Å². The van der Waals surface area contributed by atoms with E-state index in [1.807, 2.05) is 13.0 Å². The number of aromatic hydroxyl groups is 1. The molecule has 1 aromatic heterocycles. The number of aryl methyl sites for hydroxylation is 1. The van der Waals surface area contributed by atoms with Gasteiger partial charge in [0.05, 0.1) is 11.3 Å².